The number of para-hydroxylation sites is 2. The Morgan fingerprint density at radius 2 is 0.806 bits per heavy atom. The van der Waals surface area contributed by atoms with Gasteiger partial charge in [0, 0.05) is 152 Å². The van der Waals surface area contributed by atoms with Crippen molar-refractivity contribution in [3.05, 3.63) is 298 Å². The first kappa shape index (κ1) is 59.9. The normalized spacial score (nSPS) is 12.9. The number of hydrogen-bond donors (Lipinski definition) is 0. The van der Waals surface area contributed by atoms with Crippen molar-refractivity contribution < 1.29 is 31.7 Å². The average molecular weight is 1430 g/mol. The van der Waals surface area contributed by atoms with Gasteiger partial charge < -0.3 is 13.4 Å². The maximum Gasteiger partial charge on any atom is 0.336 e. The highest BCUT2D eigenvalue weighted by Gasteiger charge is 2.40. The van der Waals surface area contributed by atoms with E-state index in [0.717, 1.165) is 128 Å². The Kier molecular flexibility index (Phi) is 12.9. The van der Waals surface area contributed by atoms with Gasteiger partial charge in [0.1, 0.15) is 55.6 Å². The number of rotatable bonds is 2. The van der Waals surface area contributed by atoms with E-state index < -0.39 is 0 Å². The Balaban J connectivity index is 0.0000000819. The van der Waals surface area contributed by atoms with Crippen molar-refractivity contribution in [2.45, 2.75) is 32.7 Å². The number of imidazole rings is 6. The van der Waals surface area contributed by atoms with Crippen molar-refractivity contribution in [1.29, 1.82) is 0 Å². The molecule has 25 heterocycles. The van der Waals surface area contributed by atoms with Gasteiger partial charge >= 0.3 is 11.4 Å². The zero-order valence-electron chi connectivity index (χ0n) is 57.5. The van der Waals surface area contributed by atoms with Crippen molar-refractivity contribution in [2.24, 2.45) is 7.05 Å². The summed E-state index contributed by atoms with van der Waals surface area (Å²) < 4.78 is 40.4. The van der Waals surface area contributed by atoms with Crippen LogP contribution in [0.3, 0.4) is 0 Å². The molecule has 0 saturated carbocycles. The molecule has 108 heavy (non-hydrogen) atoms. The molecule has 20 aromatic heterocycles. The van der Waals surface area contributed by atoms with Gasteiger partial charge in [0.25, 0.3) is 34.8 Å². The minimum absolute atomic E-state index is 0.788. The van der Waals surface area contributed by atoms with Gasteiger partial charge in [-0.15, -0.1) is 0 Å². The molecule has 0 bridgehead atoms. The minimum atomic E-state index is 0.788. The zero-order chi connectivity index (χ0) is 70.8. The molecular formula is C83H57N22O2S+5. The molecule has 0 amide bonds. The van der Waals surface area contributed by atoms with Crippen molar-refractivity contribution in [1.82, 2.24) is 81.1 Å². The van der Waals surface area contributed by atoms with Crippen LogP contribution in [0.2, 0.25) is 0 Å². The van der Waals surface area contributed by atoms with E-state index in [1.165, 1.54) is 88.2 Å². The first-order valence-electron chi connectivity index (χ1n) is 35.4. The highest BCUT2D eigenvalue weighted by atomic mass is 32.1. The predicted octanol–water partition coefficient (Wildman–Crippen LogP) is 12.1. The Bertz CT molecular complexity index is 7310. The number of benzene rings is 2. The van der Waals surface area contributed by atoms with Crippen LogP contribution >= 0.6 is 11.3 Å². The summed E-state index contributed by atoms with van der Waals surface area (Å²) >= 11 is 1.80. The summed E-state index contributed by atoms with van der Waals surface area (Å²) in [7, 11) is 2.09. The van der Waals surface area contributed by atoms with Crippen LogP contribution in [0.5, 0.6) is 0 Å². The van der Waals surface area contributed by atoms with E-state index in [4.69, 9.17) is 8.83 Å². The Morgan fingerprint density at radius 1 is 0.352 bits per heavy atom. The topological polar surface area (TPSA) is 207 Å². The number of fused-ring (bicyclic) bond motifs is 35. The molecule has 5 aliphatic rings. The third-order valence-electron chi connectivity index (χ3n) is 21.4. The molecule has 25 heteroatoms. The van der Waals surface area contributed by atoms with Gasteiger partial charge in [-0.05, 0) is 72.8 Å². The monoisotopic (exact) mass is 1430 g/mol. The standard InChI is InChI=1S/C20H14N5.C20H13N4O.C15H12N5.C14H9N4O.C14H9N4S/c1-2-4-15(5-3-1)24-17-7-9-22-11-18(17)25-19(24)13-23-12-14-6-8-21-10-16(14)20(23)25;1-2-4-14(5-3-1)24-17-7-9-22-11-16(17)18-19(24)23-12-13-6-8-21-10-15(13)20(23)25-18;1-18-12-3-5-17-7-13(12)20-14(18)9-19-8-10-2-4-16-6-11(10)15(19)20;2*1-3-15-5-10-9(1)7-17-8-13-18(14(10)17)11-6-16-4-2-12(11)19-13/h1-11,13H,12H2;1-11H,12H2;2-7,9H,8H2,1H3;2*1-6,8H,7H2/q5*+1. The van der Waals surface area contributed by atoms with Crippen LogP contribution in [0.4, 0.5) is 0 Å². The number of oxazole rings is 2. The molecule has 27 rings (SSSR count). The molecule has 0 atom stereocenters. The zero-order valence-corrected chi connectivity index (χ0v) is 58.3. The molecule has 0 aliphatic carbocycles. The van der Waals surface area contributed by atoms with Crippen LogP contribution in [0.1, 0.15) is 27.8 Å². The molecule has 512 valence electrons. The summed E-state index contributed by atoms with van der Waals surface area (Å²) in [6.07, 6.45) is 46.2. The van der Waals surface area contributed by atoms with Crippen LogP contribution in [-0.4, -0.2) is 81.1 Å². The molecule has 0 saturated heterocycles. The lowest BCUT2D eigenvalue weighted by Gasteiger charge is -2.02. The van der Waals surface area contributed by atoms with Gasteiger partial charge in [-0.2, -0.15) is 26.7 Å². The van der Waals surface area contributed by atoms with Crippen molar-refractivity contribution in [2.75, 3.05) is 0 Å². The highest BCUT2D eigenvalue weighted by molar-refractivity contribution is 7.23. The van der Waals surface area contributed by atoms with Gasteiger partial charge in [-0.25, -0.2) is 18.3 Å². The largest absolute Gasteiger partial charge is 0.415 e. The van der Waals surface area contributed by atoms with Crippen LogP contribution in [0.25, 0.3) is 156 Å². The first-order chi connectivity index (χ1) is 53.5. The van der Waals surface area contributed by atoms with Crippen LogP contribution < -0.4 is 22.8 Å². The average Bonchev–Trinajstić information content (AvgIpc) is 2.13. The van der Waals surface area contributed by atoms with E-state index >= 15 is 0 Å². The number of pyridine rings is 10. The van der Waals surface area contributed by atoms with E-state index in [0.29, 0.717) is 0 Å². The summed E-state index contributed by atoms with van der Waals surface area (Å²) in [5, 5.41) is 1.02. The summed E-state index contributed by atoms with van der Waals surface area (Å²) in [5.41, 5.74) is 28.4. The number of thiazole rings is 1. The van der Waals surface area contributed by atoms with Crippen LogP contribution in [-0.2, 0) is 39.8 Å². The summed E-state index contributed by atoms with van der Waals surface area (Å²) in [6, 6.07) is 41.4. The Labute approximate surface area is 614 Å². The number of nitrogens with zero attached hydrogens (tertiary/aromatic N) is 22. The van der Waals surface area contributed by atoms with Crippen molar-refractivity contribution >= 4 is 98.7 Å². The fourth-order valence-corrected chi connectivity index (χ4v) is 17.8. The summed E-state index contributed by atoms with van der Waals surface area (Å²) in [5.74, 6) is 5.57. The van der Waals surface area contributed by atoms with E-state index in [1.807, 2.05) is 148 Å². The Morgan fingerprint density at radius 3 is 1.44 bits per heavy atom. The van der Waals surface area contributed by atoms with Crippen LogP contribution in [0, 0.1) is 0 Å². The molecule has 0 N–H and O–H groups in total. The lowest BCUT2D eigenvalue weighted by Crippen LogP contribution is -2.32. The predicted molar refractivity (Wildman–Crippen MR) is 403 cm³/mol. The lowest BCUT2D eigenvalue weighted by atomic mass is 10.2. The quantitative estimate of drug-likeness (QED) is 0.148. The van der Waals surface area contributed by atoms with Gasteiger partial charge in [0.05, 0.1) is 68.2 Å². The van der Waals surface area contributed by atoms with Gasteiger partial charge in [-0.3, -0.25) is 54.4 Å². The molecule has 0 spiro atoms. The molecule has 2 aromatic carbocycles. The minimum Gasteiger partial charge on any atom is -0.415 e. The number of aromatic nitrogens is 22. The number of hydrogen-bond acceptors (Lipinski definition) is 13. The third-order valence-corrected chi connectivity index (χ3v) is 22.5. The Hall–Kier alpha value is -14.6. The molecule has 0 radical (unpaired) electrons. The van der Waals surface area contributed by atoms with E-state index in [1.54, 1.807) is 17.5 Å². The highest BCUT2D eigenvalue weighted by Crippen LogP contribution is 2.40. The summed E-state index contributed by atoms with van der Waals surface area (Å²) in [4.78, 5) is 44.0. The fourth-order valence-electron chi connectivity index (χ4n) is 16.8. The van der Waals surface area contributed by atoms with E-state index in [9.17, 15) is 0 Å². The molecule has 22 aromatic rings. The third kappa shape index (κ3) is 8.80. The van der Waals surface area contributed by atoms with Gasteiger partial charge in [0.2, 0.25) is 16.1 Å². The second-order valence-corrected chi connectivity index (χ2v) is 28.3. The molecule has 24 nitrogen and oxygen atoms in total. The van der Waals surface area contributed by atoms with Crippen molar-refractivity contribution in [3.8, 4) is 68.4 Å². The van der Waals surface area contributed by atoms with Crippen molar-refractivity contribution in [3.63, 3.8) is 0 Å². The lowest BCUT2D eigenvalue weighted by molar-refractivity contribution is -0.670. The molecule has 0 unspecified atom stereocenters. The second kappa shape index (κ2) is 23.2. The first-order valence-corrected chi connectivity index (χ1v) is 36.2. The second-order valence-electron chi connectivity index (χ2n) is 27.3. The number of aryl methyl sites for hydroxylation is 1. The fraction of sp³-hybridized carbons (Fsp3) is 0.0723. The molecular weight excluding hydrogens is 1370 g/mol. The van der Waals surface area contributed by atoms with Crippen LogP contribution in [0.15, 0.2) is 279 Å². The van der Waals surface area contributed by atoms with E-state index in [2.05, 4.69) is 227 Å². The summed E-state index contributed by atoms with van der Waals surface area (Å²) in [6.45, 7) is 4.38. The molecule has 0 fully saturated rings. The van der Waals surface area contributed by atoms with Gasteiger partial charge in [-0.1, -0.05) is 47.7 Å². The SMILES string of the molecule is Cn1c2ccncc2n2c3[n+](cc12)Cc1ccncc1-3.c1cc2c(cn1)-c1n3c(c[n+]1C2)oc1ccncc13.c1cc2c(cn1)-c1n3c(c[n+]1C2)sc1ccncc13.c1ccc(-n2c3ccncc3c3oc4[n+](c32)Cc2ccncc2-4)cc1.c1ccc(-n2c3ccncc3n3c4[n+](cc23)Cc2ccncc2-4)cc1. The van der Waals surface area contributed by atoms with E-state index in [-0.39, 0.29) is 0 Å². The maximum atomic E-state index is 6.31. The smallest absolute Gasteiger partial charge is 0.336 e. The molecule has 5 aliphatic heterocycles. The maximum absolute atomic E-state index is 6.31. The van der Waals surface area contributed by atoms with Gasteiger partial charge in [0.15, 0.2) is 46.2 Å².